The van der Waals surface area contributed by atoms with Gasteiger partial charge in [-0.1, -0.05) is 92.4 Å². The number of rotatable bonds is 15. The van der Waals surface area contributed by atoms with Gasteiger partial charge in [-0.15, -0.1) is 12.6 Å². The second-order valence-corrected chi connectivity index (χ2v) is 15.0. The van der Waals surface area contributed by atoms with Gasteiger partial charge in [0.25, 0.3) is 0 Å². The maximum absolute atomic E-state index is 14.6. The van der Waals surface area contributed by atoms with Gasteiger partial charge >= 0.3 is 0 Å². The Kier molecular flexibility index (Phi) is 11.8. The summed E-state index contributed by atoms with van der Waals surface area (Å²) in [6.07, 6.45) is 5.11. The number of piperidine rings is 1. The Balaban J connectivity index is 1.23. The molecule has 1 saturated heterocycles. The van der Waals surface area contributed by atoms with Gasteiger partial charge in [0.15, 0.2) is 5.00 Å². The Morgan fingerprint density at radius 2 is 1.51 bits per heavy atom. The fourth-order valence-corrected chi connectivity index (χ4v) is 7.75. The number of H-pyrrole nitrogens is 1. The third-order valence-corrected chi connectivity index (χ3v) is 10.4. The first-order valence-electron chi connectivity index (χ1n) is 17.7. The molecule has 7 heteroatoms. The van der Waals surface area contributed by atoms with E-state index in [1.54, 1.807) is 0 Å². The highest BCUT2D eigenvalue weighted by Crippen LogP contribution is 2.45. The lowest BCUT2D eigenvalue weighted by Crippen LogP contribution is -2.42. The number of halogens is 1. The Bertz CT molecular complexity index is 1680. The van der Waals surface area contributed by atoms with Crippen LogP contribution in [0.4, 0.5) is 4.39 Å². The Hall–Kier alpha value is -3.81. The molecule has 1 atom stereocenters. The molecule has 49 heavy (non-hydrogen) atoms. The molecule has 1 unspecified atom stereocenters. The van der Waals surface area contributed by atoms with E-state index in [0.717, 1.165) is 91.2 Å². The summed E-state index contributed by atoms with van der Waals surface area (Å²) in [4.78, 5) is 2.60. The van der Waals surface area contributed by atoms with Gasteiger partial charge in [-0.2, -0.15) is 5.10 Å². The molecule has 0 saturated carbocycles. The number of nitrogens with one attached hydrogen (secondary N) is 3. The van der Waals surface area contributed by atoms with Gasteiger partial charge < -0.3 is 15.5 Å². The van der Waals surface area contributed by atoms with Crippen LogP contribution in [0.3, 0.4) is 0 Å². The largest absolute Gasteiger partial charge is 0.384 e. The molecule has 0 radical (unpaired) electrons. The van der Waals surface area contributed by atoms with E-state index >= 15 is 0 Å². The Morgan fingerprint density at radius 1 is 0.918 bits per heavy atom. The highest BCUT2D eigenvalue weighted by molar-refractivity contribution is 7.81. The van der Waals surface area contributed by atoms with E-state index < -0.39 is 10.4 Å². The average molecular weight is 680 g/mol. The summed E-state index contributed by atoms with van der Waals surface area (Å²) < 4.78 is 14.6. The van der Waals surface area contributed by atoms with E-state index in [9.17, 15) is 4.39 Å². The molecule has 1 aliphatic rings. The number of hydrogen-bond acceptors (Lipinski definition) is 5. The number of benzene rings is 3. The molecule has 1 fully saturated rings. The molecule has 0 spiro atoms. The minimum atomic E-state index is -1.65. The van der Waals surface area contributed by atoms with Gasteiger partial charge in [0.1, 0.15) is 0 Å². The molecule has 5 nitrogen and oxygen atoms in total. The maximum Gasteiger partial charge on any atom is 0.167 e. The molecule has 1 aliphatic heterocycles. The molecule has 0 amide bonds. The fraction of sp³-hybridized carbons (Fsp3) is 0.405. The van der Waals surface area contributed by atoms with Crippen molar-refractivity contribution in [1.29, 1.82) is 0 Å². The highest BCUT2D eigenvalue weighted by Gasteiger charge is 2.39. The number of likely N-dealkylation sites (tertiary alicyclic amines) is 1. The fourth-order valence-electron chi connectivity index (χ4n) is 7.68. The summed E-state index contributed by atoms with van der Waals surface area (Å²) in [6.45, 7) is 22.2. The molecular weight excluding hydrogens is 626 g/mol. The van der Waals surface area contributed by atoms with Crippen molar-refractivity contribution < 1.29 is 4.39 Å². The third kappa shape index (κ3) is 8.50. The summed E-state index contributed by atoms with van der Waals surface area (Å²) >= 11 is 4.16. The topological polar surface area (TPSA) is 56.0 Å². The van der Waals surface area contributed by atoms with Crippen molar-refractivity contribution in [2.24, 2.45) is 0 Å². The summed E-state index contributed by atoms with van der Waals surface area (Å²) in [5, 5.41) is 13.0. The van der Waals surface area contributed by atoms with Crippen LogP contribution in [0.15, 0.2) is 91.7 Å². The zero-order chi connectivity index (χ0) is 35.2. The number of aromatic nitrogens is 2. The zero-order valence-corrected chi connectivity index (χ0v) is 30.9. The number of aryl methyl sites for hydroxylation is 4. The van der Waals surface area contributed by atoms with Gasteiger partial charge in [0.2, 0.25) is 0 Å². The molecule has 4 aromatic rings. The molecule has 5 rings (SSSR count). The van der Waals surface area contributed by atoms with Crippen molar-refractivity contribution in [3.05, 3.63) is 131 Å². The van der Waals surface area contributed by atoms with E-state index in [1.807, 2.05) is 6.92 Å². The van der Waals surface area contributed by atoms with Gasteiger partial charge in [0.05, 0.1) is 17.7 Å². The molecule has 3 N–H and O–H groups in total. The molecule has 0 aliphatic carbocycles. The summed E-state index contributed by atoms with van der Waals surface area (Å²) in [5.41, 5.74) is 11.7. The number of hydrogen-bond donors (Lipinski definition) is 4. The van der Waals surface area contributed by atoms with E-state index in [1.165, 1.54) is 29.2 Å². The van der Waals surface area contributed by atoms with E-state index in [-0.39, 0.29) is 6.54 Å². The van der Waals surface area contributed by atoms with Crippen LogP contribution in [0.1, 0.15) is 78.2 Å². The van der Waals surface area contributed by atoms with Crippen molar-refractivity contribution in [2.75, 3.05) is 26.2 Å². The smallest absolute Gasteiger partial charge is 0.167 e. The van der Waals surface area contributed by atoms with Crippen LogP contribution >= 0.6 is 12.6 Å². The van der Waals surface area contributed by atoms with Crippen LogP contribution in [0.2, 0.25) is 0 Å². The maximum atomic E-state index is 14.6. The van der Waals surface area contributed by atoms with Crippen LogP contribution in [-0.2, 0) is 5.41 Å². The number of thiol groups is 1. The van der Waals surface area contributed by atoms with Crippen LogP contribution in [0.5, 0.6) is 0 Å². The van der Waals surface area contributed by atoms with E-state index in [2.05, 4.69) is 145 Å². The standard InChI is InChI=1S/C42H54FN5S/c1-29-16-8-12-20-38(29)42(34(6)44-28-41(7,43)49,39-21-13-9-17-30(39)2)24-14-15-25-48-26-22-35(23-27-48)45-31(3)36-18-10-11-19-37(36)40-32(4)46-47-33(40)5/h8-13,16-21,35,44-45,49H,3,6,14-15,22-28H2,1-2,4-5,7H3,(H,46,47). The first-order valence-corrected chi connectivity index (χ1v) is 18.1. The van der Waals surface area contributed by atoms with Crippen molar-refractivity contribution >= 4 is 18.3 Å². The molecule has 1 aromatic heterocycles. The summed E-state index contributed by atoms with van der Waals surface area (Å²) in [7, 11) is 0. The van der Waals surface area contributed by atoms with Gasteiger partial charge in [0, 0.05) is 47.3 Å². The molecule has 0 bridgehead atoms. The normalized spacial score (nSPS) is 15.5. The predicted octanol–water partition coefficient (Wildman–Crippen LogP) is 9.21. The molecular formula is C42H54FN5S. The summed E-state index contributed by atoms with van der Waals surface area (Å²) in [5.74, 6) is 0. The zero-order valence-electron chi connectivity index (χ0n) is 30.0. The van der Waals surface area contributed by atoms with Crippen molar-refractivity contribution in [3.8, 4) is 11.1 Å². The SMILES string of the molecule is C=C(NC1CCN(CCCCC(C(=C)NCC(C)(F)S)(c2ccccc2C)c2ccccc2C)CC1)c1ccccc1-c1c(C)n[nH]c1C. The van der Waals surface area contributed by atoms with Crippen LogP contribution < -0.4 is 10.6 Å². The lowest BCUT2D eigenvalue weighted by molar-refractivity contribution is 0.200. The van der Waals surface area contributed by atoms with Gasteiger partial charge in [-0.25, -0.2) is 4.39 Å². The molecule has 260 valence electrons. The second kappa shape index (κ2) is 15.8. The quantitative estimate of drug-likeness (QED) is 0.0748. The minimum Gasteiger partial charge on any atom is -0.384 e. The second-order valence-electron chi connectivity index (χ2n) is 14.1. The number of allylic oxidation sites excluding steroid dienone is 1. The van der Waals surface area contributed by atoms with Gasteiger partial charge in [-0.05, 0) is 94.7 Å². The monoisotopic (exact) mass is 679 g/mol. The lowest BCUT2D eigenvalue weighted by atomic mass is 9.66. The lowest BCUT2D eigenvalue weighted by Gasteiger charge is -2.40. The number of unbranched alkanes of at least 4 members (excludes halogenated alkanes) is 1. The molecule has 3 aromatic carbocycles. The predicted molar refractivity (Wildman–Crippen MR) is 208 cm³/mol. The van der Waals surface area contributed by atoms with Crippen LogP contribution in [0, 0.1) is 27.7 Å². The van der Waals surface area contributed by atoms with Crippen molar-refractivity contribution in [1.82, 2.24) is 25.7 Å². The minimum absolute atomic E-state index is 0.0814. The van der Waals surface area contributed by atoms with E-state index in [0.29, 0.717) is 6.04 Å². The third-order valence-electron chi connectivity index (χ3n) is 10.2. The first kappa shape index (κ1) is 36.5. The van der Waals surface area contributed by atoms with Gasteiger partial charge in [-0.3, -0.25) is 5.10 Å². The van der Waals surface area contributed by atoms with Crippen molar-refractivity contribution in [2.45, 2.75) is 83.2 Å². The Labute approximate surface area is 298 Å². The van der Waals surface area contributed by atoms with Crippen LogP contribution in [0.25, 0.3) is 16.8 Å². The molecule has 2 heterocycles. The number of alkyl halides is 1. The first-order chi connectivity index (χ1) is 23.4. The number of aromatic amines is 1. The Morgan fingerprint density at radius 3 is 2.08 bits per heavy atom. The summed E-state index contributed by atoms with van der Waals surface area (Å²) in [6, 6.07) is 26.0. The van der Waals surface area contributed by atoms with Crippen LogP contribution in [-0.4, -0.2) is 52.3 Å². The van der Waals surface area contributed by atoms with E-state index in [4.69, 9.17) is 0 Å². The average Bonchev–Trinajstić information content (AvgIpc) is 3.42. The highest BCUT2D eigenvalue weighted by atomic mass is 32.1. The number of nitrogens with zero attached hydrogens (tertiary/aromatic N) is 2. The van der Waals surface area contributed by atoms with Crippen molar-refractivity contribution in [3.63, 3.8) is 0 Å².